The second-order valence-electron chi connectivity index (χ2n) is 5.73. The van der Waals surface area contributed by atoms with Gasteiger partial charge >= 0.3 is 0 Å². The van der Waals surface area contributed by atoms with Crippen LogP contribution >= 0.6 is 0 Å². The molecule has 2 aromatic rings. The Morgan fingerprint density at radius 2 is 1.96 bits per heavy atom. The summed E-state index contributed by atoms with van der Waals surface area (Å²) in [6, 6.07) is 7.79. The number of amides is 1. The van der Waals surface area contributed by atoms with Crippen molar-refractivity contribution in [1.29, 1.82) is 0 Å². The van der Waals surface area contributed by atoms with E-state index in [4.69, 9.17) is 0 Å². The quantitative estimate of drug-likeness (QED) is 0.904. The van der Waals surface area contributed by atoms with Crippen molar-refractivity contribution in [3.05, 3.63) is 48.2 Å². The molecule has 3 rings (SSSR count). The summed E-state index contributed by atoms with van der Waals surface area (Å²) in [7, 11) is 0. The Hall–Kier alpha value is -2.50. The molecule has 0 spiro atoms. The Kier molecular flexibility index (Phi) is 4.80. The van der Waals surface area contributed by atoms with E-state index in [2.05, 4.69) is 20.6 Å². The van der Waals surface area contributed by atoms with E-state index in [1.54, 1.807) is 18.2 Å². The highest BCUT2D eigenvalue weighted by molar-refractivity contribution is 6.03. The average molecular weight is 314 g/mol. The molecule has 0 atom stereocenters. The standard InChI is InChI=1S/C17H19FN4O/c18-12-5-4-8-14(9-12)22-17(23)15-10-16(20-11-19-15)21-13-6-2-1-3-7-13/h4-5,8-11,13H,1-3,6-7H2,(H,22,23)(H,19,20,21). The number of aromatic nitrogens is 2. The number of hydrogen-bond donors (Lipinski definition) is 2. The SMILES string of the molecule is O=C(Nc1cccc(F)c1)c1cc(NC2CCCCC2)ncn1. The zero-order valence-electron chi connectivity index (χ0n) is 12.8. The maximum Gasteiger partial charge on any atom is 0.274 e. The van der Waals surface area contributed by atoms with Crippen LogP contribution in [0.15, 0.2) is 36.7 Å². The molecule has 0 radical (unpaired) electrons. The van der Waals surface area contributed by atoms with Crippen LogP contribution < -0.4 is 10.6 Å². The second-order valence-corrected chi connectivity index (χ2v) is 5.73. The van der Waals surface area contributed by atoms with Gasteiger partial charge in [-0.25, -0.2) is 14.4 Å². The highest BCUT2D eigenvalue weighted by Gasteiger charge is 2.15. The molecule has 6 heteroatoms. The van der Waals surface area contributed by atoms with E-state index in [0.717, 1.165) is 12.8 Å². The van der Waals surface area contributed by atoms with Crippen molar-refractivity contribution in [3.8, 4) is 0 Å². The van der Waals surface area contributed by atoms with Crippen LogP contribution in [0.2, 0.25) is 0 Å². The summed E-state index contributed by atoms with van der Waals surface area (Å²) >= 11 is 0. The van der Waals surface area contributed by atoms with E-state index < -0.39 is 5.82 Å². The summed E-state index contributed by atoms with van der Waals surface area (Å²) in [5.41, 5.74) is 0.651. The summed E-state index contributed by atoms with van der Waals surface area (Å²) in [6.07, 6.45) is 7.32. The minimum Gasteiger partial charge on any atom is -0.367 e. The third-order valence-electron chi connectivity index (χ3n) is 3.94. The van der Waals surface area contributed by atoms with E-state index in [9.17, 15) is 9.18 Å². The van der Waals surface area contributed by atoms with Crippen LogP contribution in [0.1, 0.15) is 42.6 Å². The summed E-state index contributed by atoms with van der Waals surface area (Å²) in [6.45, 7) is 0. The molecule has 23 heavy (non-hydrogen) atoms. The van der Waals surface area contributed by atoms with E-state index in [1.165, 1.54) is 37.7 Å². The van der Waals surface area contributed by atoms with Gasteiger partial charge in [0.2, 0.25) is 0 Å². The molecule has 1 fully saturated rings. The van der Waals surface area contributed by atoms with Gasteiger partial charge in [0.25, 0.3) is 5.91 Å². The monoisotopic (exact) mass is 314 g/mol. The number of anilines is 2. The smallest absolute Gasteiger partial charge is 0.274 e. The molecule has 2 N–H and O–H groups in total. The molecular weight excluding hydrogens is 295 g/mol. The number of carbonyl (C=O) groups is 1. The van der Waals surface area contributed by atoms with Gasteiger partial charge in [-0.2, -0.15) is 0 Å². The van der Waals surface area contributed by atoms with E-state index in [0.29, 0.717) is 17.5 Å². The summed E-state index contributed by atoms with van der Waals surface area (Å²) < 4.78 is 13.2. The van der Waals surface area contributed by atoms with Crippen LogP contribution in [0.3, 0.4) is 0 Å². The first kappa shape index (κ1) is 15.4. The number of nitrogens with zero attached hydrogens (tertiary/aromatic N) is 2. The maximum absolute atomic E-state index is 13.2. The lowest BCUT2D eigenvalue weighted by molar-refractivity contribution is 0.102. The number of hydrogen-bond acceptors (Lipinski definition) is 4. The second kappa shape index (κ2) is 7.17. The van der Waals surface area contributed by atoms with Crippen LogP contribution in [-0.2, 0) is 0 Å². The molecule has 120 valence electrons. The molecule has 1 aliphatic carbocycles. The lowest BCUT2D eigenvalue weighted by Gasteiger charge is -2.23. The van der Waals surface area contributed by atoms with Crippen LogP contribution in [0, 0.1) is 5.82 Å². The lowest BCUT2D eigenvalue weighted by atomic mass is 9.95. The zero-order chi connectivity index (χ0) is 16.1. The summed E-state index contributed by atoms with van der Waals surface area (Å²) in [5, 5.41) is 5.99. The lowest BCUT2D eigenvalue weighted by Crippen LogP contribution is -2.23. The fourth-order valence-corrected chi connectivity index (χ4v) is 2.78. The fourth-order valence-electron chi connectivity index (χ4n) is 2.78. The minimum absolute atomic E-state index is 0.252. The van der Waals surface area contributed by atoms with Gasteiger partial charge in [-0.05, 0) is 31.0 Å². The molecule has 1 saturated carbocycles. The van der Waals surface area contributed by atoms with Gasteiger partial charge in [0.15, 0.2) is 0 Å². The minimum atomic E-state index is -0.398. The van der Waals surface area contributed by atoms with Gasteiger partial charge < -0.3 is 10.6 Å². The third kappa shape index (κ3) is 4.25. The van der Waals surface area contributed by atoms with Crippen molar-refractivity contribution < 1.29 is 9.18 Å². The Morgan fingerprint density at radius 3 is 2.74 bits per heavy atom. The van der Waals surface area contributed by atoms with E-state index in [1.807, 2.05) is 0 Å². The van der Waals surface area contributed by atoms with Gasteiger partial charge in [-0.3, -0.25) is 4.79 Å². The summed E-state index contributed by atoms with van der Waals surface area (Å²) in [4.78, 5) is 20.4. The number of benzene rings is 1. The van der Waals surface area contributed by atoms with Gasteiger partial charge in [0, 0.05) is 17.8 Å². The Bertz CT molecular complexity index is 686. The molecule has 1 aromatic heterocycles. The van der Waals surface area contributed by atoms with Crippen molar-refractivity contribution in [2.45, 2.75) is 38.1 Å². The van der Waals surface area contributed by atoms with Gasteiger partial charge in [0.1, 0.15) is 23.7 Å². The van der Waals surface area contributed by atoms with E-state index >= 15 is 0 Å². The van der Waals surface area contributed by atoms with Crippen LogP contribution in [0.5, 0.6) is 0 Å². The molecule has 1 aliphatic rings. The number of carbonyl (C=O) groups excluding carboxylic acids is 1. The van der Waals surface area contributed by atoms with Gasteiger partial charge in [-0.15, -0.1) is 0 Å². The average Bonchev–Trinajstić information content (AvgIpc) is 2.56. The Labute approximate surface area is 134 Å². The molecule has 5 nitrogen and oxygen atoms in total. The topological polar surface area (TPSA) is 66.9 Å². The zero-order valence-corrected chi connectivity index (χ0v) is 12.8. The number of rotatable bonds is 4. The summed E-state index contributed by atoms with van der Waals surface area (Å²) in [5.74, 6) is -0.133. The van der Waals surface area contributed by atoms with Crippen molar-refractivity contribution >= 4 is 17.4 Å². The molecule has 0 bridgehead atoms. The molecule has 0 unspecified atom stereocenters. The van der Waals surface area contributed by atoms with Gasteiger partial charge in [-0.1, -0.05) is 25.3 Å². The first-order chi connectivity index (χ1) is 11.2. The predicted octanol–water partition coefficient (Wildman–Crippen LogP) is 3.61. The van der Waals surface area contributed by atoms with Crippen molar-refractivity contribution in [3.63, 3.8) is 0 Å². The first-order valence-corrected chi connectivity index (χ1v) is 7.86. The molecule has 0 aliphatic heterocycles. The van der Waals surface area contributed by atoms with E-state index in [-0.39, 0.29) is 11.6 Å². The fraction of sp³-hybridized carbons (Fsp3) is 0.353. The van der Waals surface area contributed by atoms with Crippen molar-refractivity contribution in [2.24, 2.45) is 0 Å². The number of nitrogens with one attached hydrogen (secondary N) is 2. The molecule has 1 aromatic carbocycles. The molecule has 0 saturated heterocycles. The van der Waals surface area contributed by atoms with Crippen LogP contribution in [0.25, 0.3) is 0 Å². The van der Waals surface area contributed by atoms with Gasteiger partial charge in [0.05, 0.1) is 0 Å². The number of halogens is 1. The Morgan fingerprint density at radius 1 is 1.13 bits per heavy atom. The van der Waals surface area contributed by atoms with Crippen LogP contribution in [-0.4, -0.2) is 21.9 Å². The molecule has 1 heterocycles. The first-order valence-electron chi connectivity index (χ1n) is 7.86. The normalized spacial score (nSPS) is 15.2. The largest absolute Gasteiger partial charge is 0.367 e. The van der Waals surface area contributed by atoms with Crippen molar-refractivity contribution in [2.75, 3.05) is 10.6 Å². The van der Waals surface area contributed by atoms with Crippen LogP contribution in [0.4, 0.5) is 15.9 Å². The van der Waals surface area contributed by atoms with Crippen molar-refractivity contribution in [1.82, 2.24) is 9.97 Å². The highest BCUT2D eigenvalue weighted by atomic mass is 19.1. The predicted molar refractivity (Wildman–Crippen MR) is 86.9 cm³/mol. The highest BCUT2D eigenvalue weighted by Crippen LogP contribution is 2.21. The Balaban J connectivity index is 1.67. The molecule has 1 amide bonds. The maximum atomic E-state index is 13.2. The third-order valence-corrected chi connectivity index (χ3v) is 3.94. The molecular formula is C17H19FN4O.